The lowest BCUT2D eigenvalue weighted by Crippen LogP contribution is -2.42. The van der Waals surface area contributed by atoms with Gasteiger partial charge in [-0.1, -0.05) is 6.08 Å². The highest BCUT2D eigenvalue weighted by atomic mass is 19.1. The molecule has 1 aromatic carbocycles. The Morgan fingerprint density at radius 3 is 2.59 bits per heavy atom. The maximum Gasteiger partial charge on any atom is 0.415 e. The van der Waals surface area contributed by atoms with Crippen LogP contribution in [0.2, 0.25) is 0 Å². The van der Waals surface area contributed by atoms with E-state index >= 15 is 0 Å². The first-order valence-electron chi connectivity index (χ1n) is 10.2. The molecule has 1 aliphatic carbocycles. The van der Waals surface area contributed by atoms with Gasteiger partial charge in [-0.25, -0.2) is 13.6 Å². The summed E-state index contributed by atoms with van der Waals surface area (Å²) in [4.78, 5) is 16.0. The highest BCUT2D eigenvalue weighted by Crippen LogP contribution is 2.26. The summed E-state index contributed by atoms with van der Waals surface area (Å²) in [5, 5.41) is 0. The minimum Gasteiger partial charge on any atom is -0.407 e. The van der Waals surface area contributed by atoms with Crippen molar-refractivity contribution in [3.63, 3.8) is 0 Å². The summed E-state index contributed by atoms with van der Waals surface area (Å²) < 4.78 is 37.7. The third-order valence-electron chi connectivity index (χ3n) is 5.30. The van der Waals surface area contributed by atoms with E-state index in [1.807, 2.05) is 6.08 Å². The minimum absolute atomic E-state index is 0.0263. The molecular weight excluding hydrogens is 378 g/mol. The van der Waals surface area contributed by atoms with E-state index in [-0.39, 0.29) is 17.9 Å². The molecule has 1 aromatic rings. The summed E-state index contributed by atoms with van der Waals surface area (Å²) >= 11 is 0. The van der Waals surface area contributed by atoms with E-state index in [1.54, 1.807) is 7.05 Å². The van der Waals surface area contributed by atoms with E-state index in [2.05, 4.69) is 18.5 Å². The second-order valence-corrected chi connectivity index (χ2v) is 7.61. The smallest absolute Gasteiger partial charge is 0.407 e. The molecule has 1 saturated carbocycles. The molecule has 0 bridgehead atoms. The van der Waals surface area contributed by atoms with Gasteiger partial charge in [0.15, 0.2) is 11.6 Å². The van der Waals surface area contributed by atoms with Crippen LogP contribution in [-0.4, -0.2) is 61.8 Å². The van der Waals surface area contributed by atoms with Crippen LogP contribution in [-0.2, 0) is 4.74 Å². The summed E-state index contributed by atoms with van der Waals surface area (Å²) in [6.07, 6.45) is 6.98. The van der Waals surface area contributed by atoms with Crippen LogP contribution in [0.1, 0.15) is 38.5 Å². The van der Waals surface area contributed by atoms with Crippen molar-refractivity contribution in [3.8, 4) is 5.75 Å². The van der Waals surface area contributed by atoms with Crippen molar-refractivity contribution in [1.29, 1.82) is 0 Å². The second-order valence-electron chi connectivity index (χ2n) is 7.61. The number of carbonyl (C=O) groups is 1. The zero-order chi connectivity index (χ0) is 21.2. The zero-order valence-electron chi connectivity index (χ0n) is 17.4. The van der Waals surface area contributed by atoms with Gasteiger partial charge >= 0.3 is 6.09 Å². The molecule has 0 aromatic heterocycles. The Labute approximate surface area is 172 Å². The van der Waals surface area contributed by atoms with Crippen molar-refractivity contribution in [2.45, 2.75) is 50.7 Å². The molecule has 0 radical (unpaired) electrons. The molecule has 29 heavy (non-hydrogen) atoms. The largest absolute Gasteiger partial charge is 0.415 e. The van der Waals surface area contributed by atoms with Crippen molar-refractivity contribution in [2.75, 3.05) is 33.8 Å². The molecular formula is C22H32F2N2O3. The Morgan fingerprint density at radius 2 is 1.93 bits per heavy atom. The third kappa shape index (κ3) is 7.74. The van der Waals surface area contributed by atoms with Crippen molar-refractivity contribution in [1.82, 2.24) is 9.80 Å². The van der Waals surface area contributed by atoms with E-state index in [0.29, 0.717) is 6.07 Å². The zero-order valence-corrected chi connectivity index (χ0v) is 17.4. The van der Waals surface area contributed by atoms with E-state index in [0.717, 1.165) is 70.4 Å². The molecule has 0 spiro atoms. The van der Waals surface area contributed by atoms with Gasteiger partial charge in [0, 0.05) is 32.3 Å². The highest BCUT2D eigenvalue weighted by molar-refractivity contribution is 5.70. The van der Waals surface area contributed by atoms with E-state index in [1.165, 1.54) is 4.90 Å². The molecule has 1 fully saturated rings. The number of amides is 1. The fraction of sp³-hybridized carbons (Fsp3) is 0.591. The standard InChI is InChI=1S/C22H32F2N2O3/c1-4-13-25(2)14-5-6-15-28-19-10-8-18(9-11-19)26(3)22(27)29-21-12-7-17(23)16-20(21)24/h4,7,12,16,18-19H,1,5-6,8-11,13-15H2,2-3H3/t18-,19-. The molecule has 2 rings (SSSR count). The number of rotatable bonds is 10. The number of ether oxygens (including phenoxy) is 2. The van der Waals surface area contributed by atoms with Gasteiger partial charge in [-0.3, -0.25) is 0 Å². The van der Waals surface area contributed by atoms with Gasteiger partial charge < -0.3 is 19.3 Å². The van der Waals surface area contributed by atoms with Gasteiger partial charge in [-0.2, -0.15) is 0 Å². The first-order chi connectivity index (χ1) is 13.9. The molecule has 0 aliphatic heterocycles. The van der Waals surface area contributed by atoms with Crippen LogP contribution < -0.4 is 4.74 Å². The van der Waals surface area contributed by atoms with Crippen molar-refractivity contribution >= 4 is 6.09 Å². The van der Waals surface area contributed by atoms with Crippen molar-refractivity contribution in [3.05, 3.63) is 42.5 Å². The average Bonchev–Trinajstić information content (AvgIpc) is 2.70. The molecule has 0 N–H and O–H groups in total. The summed E-state index contributed by atoms with van der Waals surface area (Å²) in [5.74, 6) is -1.86. The normalized spacial score (nSPS) is 19.2. The lowest BCUT2D eigenvalue weighted by atomic mass is 9.92. The monoisotopic (exact) mass is 410 g/mol. The second kappa shape index (κ2) is 11.9. The number of carbonyl (C=O) groups excluding carboxylic acids is 1. The molecule has 1 aliphatic rings. The summed E-state index contributed by atoms with van der Waals surface area (Å²) in [6, 6.07) is 2.91. The minimum atomic E-state index is -0.889. The summed E-state index contributed by atoms with van der Waals surface area (Å²) in [6.45, 7) is 6.41. The van der Waals surface area contributed by atoms with Crippen LogP contribution in [0.15, 0.2) is 30.9 Å². The Kier molecular flexibility index (Phi) is 9.54. The Bertz CT molecular complexity index is 663. The Morgan fingerprint density at radius 1 is 1.21 bits per heavy atom. The molecule has 0 atom stereocenters. The van der Waals surface area contributed by atoms with Crippen LogP contribution in [0.5, 0.6) is 5.75 Å². The van der Waals surface area contributed by atoms with Crippen molar-refractivity contribution in [2.24, 2.45) is 0 Å². The number of hydrogen-bond donors (Lipinski definition) is 0. The lowest BCUT2D eigenvalue weighted by Gasteiger charge is -2.34. The quantitative estimate of drug-likeness (QED) is 0.417. The fourth-order valence-corrected chi connectivity index (χ4v) is 3.52. The predicted molar refractivity (Wildman–Crippen MR) is 109 cm³/mol. The van der Waals surface area contributed by atoms with E-state index in [9.17, 15) is 13.6 Å². The molecule has 162 valence electrons. The molecule has 0 heterocycles. The number of nitrogens with zero attached hydrogens (tertiary/aromatic N) is 2. The van der Waals surface area contributed by atoms with Crippen LogP contribution in [0.4, 0.5) is 13.6 Å². The molecule has 1 amide bonds. The summed E-state index contributed by atoms with van der Waals surface area (Å²) in [5.41, 5.74) is 0. The third-order valence-corrected chi connectivity index (χ3v) is 5.30. The van der Waals surface area contributed by atoms with Crippen molar-refractivity contribution < 1.29 is 23.0 Å². The Balaban J connectivity index is 1.66. The van der Waals surface area contributed by atoms with Crippen LogP contribution in [0.25, 0.3) is 0 Å². The Hall–Kier alpha value is -1.99. The predicted octanol–water partition coefficient (Wildman–Crippen LogP) is 4.62. The lowest BCUT2D eigenvalue weighted by molar-refractivity contribution is 0.0101. The van der Waals surface area contributed by atoms with Gasteiger partial charge in [0.1, 0.15) is 5.82 Å². The number of hydrogen-bond acceptors (Lipinski definition) is 4. The van der Waals surface area contributed by atoms with Gasteiger partial charge in [0.05, 0.1) is 6.10 Å². The summed E-state index contributed by atoms with van der Waals surface area (Å²) in [7, 11) is 3.73. The molecule has 5 nitrogen and oxygen atoms in total. The van der Waals surface area contributed by atoms with Gasteiger partial charge in [-0.05, 0) is 64.3 Å². The highest BCUT2D eigenvalue weighted by Gasteiger charge is 2.28. The van der Waals surface area contributed by atoms with Gasteiger partial charge in [0.25, 0.3) is 0 Å². The van der Waals surface area contributed by atoms with Crippen LogP contribution in [0, 0.1) is 11.6 Å². The first-order valence-corrected chi connectivity index (χ1v) is 10.2. The van der Waals surface area contributed by atoms with Gasteiger partial charge in [-0.15, -0.1) is 6.58 Å². The maximum atomic E-state index is 13.7. The number of halogens is 2. The first kappa shape index (κ1) is 23.3. The van der Waals surface area contributed by atoms with E-state index < -0.39 is 17.7 Å². The number of benzene rings is 1. The number of likely N-dealkylation sites (N-methyl/N-ethyl adjacent to an activating group) is 1. The van der Waals surface area contributed by atoms with E-state index in [4.69, 9.17) is 9.47 Å². The van der Waals surface area contributed by atoms with Crippen LogP contribution >= 0.6 is 0 Å². The van der Waals surface area contributed by atoms with Gasteiger partial charge in [0.2, 0.25) is 0 Å². The maximum absolute atomic E-state index is 13.7. The van der Waals surface area contributed by atoms with Crippen LogP contribution in [0.3, 0.4) is 0 Å². The molecule has 0 saturated heterocycles. The molecule has 0 unspecified atom stereocenters. The fourth-order valence-electron chi connectivity index (χ4n) is 3.52. The molecule has 7 heteroatoms. The SMILES string of the molecule is C=CCN(C)CCCCO[C@H]1CC[C@H](N(C)C(=O)Oc2ccc(F)cc2F)CC1. The topological polar surface area (TPSA) is 42.0 Å². The average molecular weight is 411 g/mol. The number of unbranched alkanes of at least 4 members (excludes halogenated alkanes) is 1.